The van der Waals surface area contributed by atoms with Gasteiger partial charge in [0.05, 0.1) is 0 Å². The van der Waals surface area contributed by atoms with Gasteiger partial charge in [-0.25, -0.2) is 8.78 Å². The Morgan fingerprint density at radius 2 is 1.81 bits per heavy atom. The van der Waals surface area contributed by atoms with Crippen LogP contribution in [0.2, 0.25) is 0 Å². The summed E-state index contributed by atoms with van der Waals surface area (Å²) >= 11 is 0. The van der Waals surface area contributed by atoms with Crippen LogP contribution in [0.15, 0.2) is 28.7 Å². The zero-order chi connectivity index (χ0) is 19.0. The van der Waals surface area contributed by atoms with Gasteiger partial charge < -0.3 is 14.6 Å². The number of hydrogen-bond acceptors (Lipinski definition) is 5. The zero-order valence-corrected chi connectivity index (χ0v) is 15.1. The number of amides is 1. The molecular weight excluding hydrogens is 354 g/mol. The molecule has 27 heavy (non-hydrogen) atoms. The third-order valence-electron chi connectivity index (χ3n) is 5.64. The smallest absolute Gasteiger partial charge is 0.316 e. The second kappa shape index (κ2) is 6.90. The maximum Gasteiger partial charge on any atom is 0.316 e. The summed E-state index contributed by atoms with van der Waals surface area (Å²) < 4.78 is 30.8. The summed E-state index contributed by atoms with van der Waals surface area (Å²) in [6.45, 7) is 3.37. The van der Waals surface area contributed by atoms with E-state index in [1.54, 1.807) is 6.92 Å². The summed E-state index contributed by atoms with van der Waals surface area (Å²) in [4.78, 5) is 14.5. The average Bonchev–Trinajstić information content (AvgIpc) is 3.26. The van der Waals surface area contributed by atoms with Crippen molar-refractivity contribution in [3.8, 4) is 11.5 Å². The van der Waals surface area contributed by atoms with Gasteiger partial charge in [-0.1, -0.05) is 17.2 Å². The minimum Gasteiger partial charge on any atom is -0.403 e. The summed E-state index contributed by atoms with van der Waals surface area (Å²) in [6.07, 6.45) is 2.25. The van der Waals surface area contributed by atoms with E-state index in [0.717, 1.165) is 25.9 Å². The van der Waals surface area contributed by atoms with Crippen LogP contribution in [0.4, 0.5) is 14.8 Å². The number of nitrogens with zero attached hydrogens (tertiary/aromatic N) is 3. The number of benzene rings is 1. The first-order valence-corrected chi connectivity index (χ1v) is 9.23. The normalized spacial score (nSPS) is 19.3. The van der Waals surface area contributed by atoms with Crippen molar-refractivity contribution in [2.24, 2.45) is 5.41 Å². The highest BCUT2D eigenvalue weighted by molar-refractivity contribution is 5.83. The fraction of sp³-hybridized carbons (Fsp3) is 0.526. The Morgan fingerprint density at radius 1 is 1.15 bits per heavy atom. The van der Waals surface area contributed by atoms with Gasteiger partial charge in [0.25, 0.3) is 6.43 Å². The third-order valence-corrected chi connectivity index (χ3v) is 5.64. The van der Waals surface area contributed by atoms with E-state index in [9.17, 15) is 13.6 Å². The minimum absolute atomic E-state index is 0.0199. The predicted molar refractivity (Wildman–Crippen MR) is 95.3 cm³/mol. The first-order valence-electron chi connectivity index (χ1n) is 9.23. The van der Waals surface area contributed by atoms with Crippen LogP contribution in [0.1, 0.15) is 44.6 Å². The molecule has 1 aliphatic heterocycles. The molecule has 1 atom stereocenters. The number of anilines is 1. The lowest BCUT2D eigenvalue weighted by molar-refractivity contribution is -0.133. The molecule has 1 aromatic carbocycles. The lowest BCUT2D eigenvalue weighted by Crippen LogP contribution is -2.45. The number of nitrogens with one attached hydrogen (secondary N) is 1. The molecule has 8 heteroatoms. The average molecular weight is 376 g/mol. The molecule has 2 aromatic rings. The van der Waals surface area contributed by atoms with Crippen molar-refractivity contribution in [3.63, 3.8) is 0 Å². The van der Waals surface area contributed by atoms with Crippen molar-refractivity contribution >= 4 is 11.9 Å². The first kappa shape index (κ1) is 17.9. The molecule has 2 aliphatic rings. The fourth-order valence-corrected chi connectivity index (χ4v) is 3.57. The molecule has 1 aliphatic carbocycles. The SMILES string of the molecule is C[C@@H](Nc1nnc(-c2ccc(C(F)F)cc2)o1)C(=O)N1CCC2(CC1)CC2. The standard InChI is InChI=1S/C19H22F2N4O2/c1-12(17(26)25-10-8-19(6-7-19)9-11-25)22-18-24-23-16(27-18)14-4-2-13(3-5-14)15(20)21/h2-5,12,15H,6-11H2,1H3,(H,22,24)/t12-/m1/s1. The number of likely N-dealkylation sites (tertiary alicyclic amines) is 1. The molecule has 144 valence electrons. The van der Waals surface area contributed by atoms with Crippen LogP contribution in [0, 0.1) is 5.41 Å². The van der Waals surface area contributed by atoms with Crippen molar-refractivity contribution < 1.29 is 18.0 Å². The van der Waals surface area contributed by atoms with Crippen LogP contribution in [0.5, 0.6) is 0 Å². The number of rotatable bonds is 5. The molecule has 1 saturated carbocycles. The number of carbonyl (C=O) groups excluding carboxylic acids is 1. The van der Waals surface area contributed by atoms with E-state index >= 15 is 0 Å². The van der Waals surface area contributed by atoms with Gasteiger partial charge in [-0.05, 0) is 50.2 Å². The number of piperidine rings is 1. The van der Waals surface area contributed by atoms with Gasteiger partial charge in [0.15, 0.2) is 0 Å². The molecule has 1 N–H and O–H groups in total. The van der Waals surface area contributed by atoms with Crippen molar-refractivity contribution in [1.82, 2.24) is 15.1 Å². The van der Waals surface area contributed by atoms with Crippen LogP contribution < -0.4 is 5.32 Å². The van der Waals surface area contributed by atoms with E-state index in [0.29, 0.717) is 11.0 Å². The molecule has 2 heterocycles. The molecule has 6 nitrogen and oxygen atoms in total. The Labute approximate surface area is 155 Å². The zero-order valence-electron chi connectivity index (χ0n) is 15.1. The van der Waals surface area contributed by atoms with Crippen LogP contribution in [0.25, 0.3) is 11.5 Å². The molecular formula is C19H22F2N4O2. The first-order chi connectivity index (χ1) is 13.0. The Hall–Kier alpha value is -2.51. The van der Waals surface area contributed by atoms with Gasteiger partial charge in [-0.3, -0.25) is 4.79 Å². The van der Waals surface area contributed by atoms with Crippen molar-refractivity contribution in [2.75, 3.05) is 18.4 Å². The molecule has 1 amide bonds. The van der Waals surface area contributed by atoms with E-state index in [-0.39, 0.29) is 23.4 Å². The maximum absolute atomic E-state index is 12.6. The highest BCUT2D eigenvalue weighted by atomic mass is 19.3. The summed E-state index contributed by atoms with van der Waals surface area (Å²) in [5.74, 6) is 0.234. The lowest BCUT2D eigenvalue weighted by atomic mass is 9.93. The number of aromatic nitrogens is 2. The van der Waals surface area contributed by atoms with Gasteiger partial charge in [-0.15, -0.1) is 5.10 Å². The van der Waals surface area contributed by atoms with E-state index < -0.39 is 12.5 Å². The van der Waals surface area contributed by atoms with E-state index in [2.05, 4.69) is 15.5 Å². The van der Waals surface area contributed by atoms with Crippen LogP contribution in [-0.2, 0) is 4.79 Å². The Kier molecular flexibility index (Phi) is 4.57. The predicted octanol–water partition coefficient (Wildman–Crippen LogP) is 3.88. The Bertz CT molecular complexity index is 807. The van der Waals surface area contributed by atoms with Crippen LogP contribution in [0.3, 0.4) is 0 Å². The largest absolute Gasteiger partial charge is 0.403 e. The molecule has 0 unspecified atom stereocenters. The molecule has 0 radical (unpaired) electrons. The lowest BCUT2D eigenvalue weighted by Gasteiger charge is -2.33. The van der Waals surface area contributed by atoms with Gasteiger partial charge in [-0.2, -0.15) is 0 Å². The van der Waals surface area contributed by atoms with Gasteiger partial charge in [0, 0.05) is 24.2 Å². The molecule has 1 aromatic heterocycles. The van der Waals surface area contributed by atoms with Gasteiger partial charge >= 0.3 is 6.01 Å². The third kappa shape index (κ3) is 3.79. The number of carbonyl (C=O) groups is 1. The van der Waals surface area contributed by atoms with E-state index in [1.165, 1.54) is 37.1 Å². The maximum atomic E-state index is 12.6. The minimum atomic E-state index is -2.52. The van der Waals surface area contributed by atoms with Crippen molar-refractivity contribution in [3.05, 3.63) is 29.8 Å². The van der Waals surface area contributed by atoms with Crippen LogP contribution >= 0.6 is 0 Å². The Morgan fingerprint density at radius 3 is 2.41 bits per heavy atom. The molecule has 1 saturated heterocycles. The highest BCUT2D eigenvalue weighted by Gasteiger charge is 2.45. The van der Waals surface area contributed by atoms with Crippen molar-refractivity contribution in [1.29, 1.82) is 0 Å². The highest BCUT2D eigenvalue weighted by Crippen LogP contribution is 2.53. The molecule has 4 rings (SSSR count). The Balaban J connectivity index is 1.36. The van der Waals surface area contributed by atoms with Crippen LogP contribution in [-0.4, -0.2) is 40.1 Å². The van der Waals surface area contributed by atoms with E-state index in [1.807, 2.05) is 4.90 Å². The second-order valence-corrected chi connectivity index (χ2v) is 7.53. The topological polar surface area (TPSA) is 71.3 Å². The quantitative estimate of drug-likeness (QED) is 0.858. The molecule has 2 fully saturated rings. The van der Waals surface area contributed by atoms with Crippen molar-refractivity contribution in [2.45, 2.75) is 45.1 Å². The summed E-state index contributed by atoms with van der Waals surface area (Å²) in [6, 6.07) is 5.33. The summed E-state index contributed by atoms with van der Waals surface area (Å²) in [5.41, 5.74) is 1.00. The molecule has 0 bridgehead atoms. The fourth-order valence-electron chi connectivity index (χ4n) is 3.57. The second-order valence-electron chi connectivity index (χ2n) is 7.53. The number of hydrogen-bond donors (Lipinski definition) is 1. The number of alkyl halides is 2. The number of halogens is 2. The van der Waals surface area contributed by atoms with E-state index in [4.69, 9.17) is 4.42 Å². The van der Waals surface area contributed by atoms with Gasteiger partial charge in [0.2, 0.25) is 11.8 Å². The monoisotopic (exact) mass is 376 g/mol. The summed E-state index contributed by atoms with van der Waals surface area (Å²) in [5, 5.41) is 10.8. The van der Waals surface area contributed by atoms with Gasteiger partial charge in [0.1, 0.15) is 6.04 Å². The molecule has 1 spiro atoms. The summed E-state index contributed by atoms with van der Waals surface area (Å²) in [7, 11) is 0.